The van der Waals surface area contributed by atoms with Gasteiger partial charge in [-0.15, -0.1) is 0 Å². The summed E-state index contributed by atoms with van der Waals surface area (Å²) in [5.74, 6) is -0.816. The number of benzene rings is 3. The molecule has 0 aliphatic carbocycles. The molecule has 3 rings (SSSR count). The molecule has 0 radical (unpaired) electrons. The fourth-order valence-corrected chi connectivity index (χ4v) is 5.36. The Hall–Kier alpha value is -3.36. The molecule has 1 unspecified atom stereocenters. The molecule has 3 aromatic rings. The third-order valence-electron chi connectivity index (χ3n) is 6.17. The molecule has 0 saturated carbocycles. The molecule has 0 fully saturated rings. The van der Waals surface area contributed by atoms with Crippen LogP contribution in [-0.4, -0.2) is 44.3 Å². The minimum Gasteiger partial charge on any atom is -0.355 e. The van der Waals surface area contributed by atoms with Crippen molar-refractivity contribution < 1.29 is 18.0 Å². The van der Waals surface area contributed by atoms with Crippen LogP contribution in [0.2, 0.25) is 5.02 Å². The Labute approximate surface area is 224 Å². The number of nitrogens with zero attached hydrogens (tertiary/aromatic N) is 2. The van der Waals surface area contributed by atoms with E-state index in [0.29, 0.717) is 17.3 Å². The minimum absolute atomic E-state index is 0.00862. The smallest absolute Gasteiger partial charge is 0.264 e. The normalized spacial score (nSPS) is 12.0. The third-order valence-corrected chi connectivity index (χ3v) is 8.21. The highest BCUT2D eigenvalue weighted by Crippen LogP contribution is 2.27. The molecule has 196 valence electrons. The van der Waals surface area contributed by atoms with Crippen molar-refractivity contribution in [2.24, 2.45) is 0 Å². The standard InChI is InChI=1S/C28H32ClN3O4S/c1-5-30-28(34)22(4)31(18-23-9-7-6-8-10-23)27(33)19-32(25-14-11-20(2)21(3)17-25)37(35,36)26-15-12-24(29)13-16-26/h6-17,22H,5,18-19H2,1-4H3,(H,30,34). The van der Waals surface area contributed by atoms with Gasteiger partial charge in [-0.1, -0.05) is 48.0 Å². The Morgan fingerprint density at radius 3 is 2.19 bits per heavy atom. The van der Waals surface area contributed by atoms with E-state index in [0.717, 1.165) is 21.0 Å². The van der Waals surface area contributed by atoms with Gasteiger partial charge in [0.25, 0.3) is 10.0 Å². The van der Waals surface area contributed by atoms with Crippen LogP contribution in [0.3, 0.4) is 0 Å². The summed E-state index contributed by atoms with van der Waals surface area (Å²) < 4.78 is 28.7. The fourth-order valence-electron chi connectivity index (χ4n) is 3.83. The van der Waals surface area contributed by atoms with Crippen LogP contribution in [0, 0.1) is 13.8 Å². The molecular formula is C28H32ClN3O4S. The van der Waals surface area contributed by atoms with Gasteiger partial charge in [-0.2, -0.15) is 0 Å². The van der Waals surface area contributed by atoms with Gasteiger partial charge in [0.15, 0.2) is 0 Å². The monoisotopic (exact) mass is 541 g/mol. The number of nitrogens with one attached hydrogen (secondary N) is 1. The molecule has 1 N–H and O–H groups in total. The van der Waals surface area contributed by atoms with Gasteiger partial charge >= 0.3 is 0 Å². The summed E-state index contributed by atoms with van der Waals surface area (Å²) in [6.07, 6.45) is 0. The van der Waals surface area contributed by atoms with Gasteiger partial charge in [-0.25, -0.2) is 8.42 Å². The quantitative estimate of drug-likeness (QED) is 0.403. The maximum atomic E-state index is 13.8. The number of hydrogen-bond donors (Lipinski definition) is 1. The maximum Gasteiger partial charge on any atom is 0.264 e. The van der Waals surface area contributed by atoms with E-state index in [4.69, 9.17) is 11.6 Å². The fraction of sp³-hybridized carbons (Fsp3) is 0.286. The lowest BCUT2D eigenvalue weighted by molar-refractivity contribution is -0.139. The van der Waals surface area contributed by atoms with Crippen molar-refractivity contribution in [3.63, 3.8) is 0 Å². The number of hydrogen-bond acceptors (Lipinski definition) is 4. The number of amides is 2. The molecule has 0 saturated heterocycles. The van der Waals surface area contributed by atoms with Crippen molar-refractivity contribution in [2.75, 3.05) is 17.4 Å². The number of aryl methyl sites for hydroxylation is 2. The molecule has 2 amide bonds. The molecule has 7 nitrogen and oxygen atoms in total. The summed E-state index contributed by atoms with van der Waals surface area (Å²) in [6.45, 7) is 7.33. The highest BCUT2D eigenvalue weighted by molar-refractivity contribution is 7.92. The van der Waals surface area contributed by atoms with Gasteiger partial charge in [0.2, 0.25) is 11.8 Å². The zero-order chi connectivity index (χ0) is 27.2. The zero-order valence-corrected chi connectivity index (χ0v) is 23.0. The number of rotatable bonds is 10. The first-order chi connectivity index (χ1) is 17.5. The summed E-state index contributed by atoms with van der Waals surface area (Å²) in [7, 11) is -4.13. The van der Waals surface area contributed by atoms with Crippen LogP contribution in [-0.2, 0) is 26.2 Å². The summed E-state index contributed by atoms with van der Waals surface area (Å²) in [6, 6.07) is 19.5. The summed E-state index contributed by atoms with van der Waals surface area (Å²) >= 11 is 5.98. The van der Waals surface area contributed by atoms with E-state index in [2.05, 4.69) is 5.32 Å². The molecule has 0 aliphatic rings. The van der Waals surface area contributed by atoms with Crippen LogP contribution in [0.25, 0.3) is 0 Å². The van der Waals surface area contributed by atoms with Gasteiger partial charge in [0.05, 0.1) is 10.6 Å². The molecule has 3 aromatic carbocycles. The molecule has 1 atom stereocenters. The Bertz CT molecular complexity index is 1350. The van der Waals surface area contributed by atoms with Gasteiger partial charge in [0, 0.05) is 18.1 Å². The van der Waals surface area contributed by atoms with Crippen molar-refractivity contribution in [3.8, 4) is 0 Å². The van der Waals surface area contributed by atoms with Crippen LogP contribution in [0.1, 0.15) is 30.5 Å². The van der Waals surface area contributed by atoms with Crippen molar-refractivity contribution in [2.45, 2.75) is 45.2 Å². The van der Waals surface area contributed by atoms with Crippen LogP contribution < -0.4 is 9.62 Å². The third kappa shape index (κ3) is 6.90. The minimum atomic E-state index is -4.13. The summed E-state index contributed by atoms with van der Waals surface area (Å²) in [5.41, 5.74) is 3.06. The average Bonchev–Trinajstić information content (AvgIpc) is 2.88. The highest BCUT2D eigenvalue weighted by atomic mass is 35.5. The molecule has 0 bridgehead atoms. The predicted molar refractivity (Wildman–Crippen MR) is 147 cm³/mol. The number of carbonyl (C=O) groups excluding carboxylic acids is 2. The molecule has 37 heavy (non-hydrogen) atoms. The Kier molecular flexibility index (Phi) is 9.34. The van der Waals surface area contributed by atoms with E-state index in [1.807, 2.05) is 50.2 Å². The number of carbonyl (C=O) groups is 2. The van der Waals surface area contributed by atoms with E-state index < -0.39 is 28.5 Å². The SMILES string of the molecule is CCNC(=O)C(C)N(Cc1ccccc1)C(=O)CN(c1ccc(C)c(C)c1)S(=O)(=O)c1ccc(Cl)cc1. The lowest BCUT2D eigenvalue weighted by atomic mass is 10.1. The Morgan fingerprint density at radius 1 is 0.946 bits per heavy atom. The first kappa shape index (κ1) is 28.2. The van der Waals surface area contributed by atoms with Crippen molar-refractivity contribution in [1.82, 2.24) is 10.2 Å². The van der Waals surface area contributed by atoms with Gasteiger partial charge in [-0.05, 0) is 80.8 Å². The largest absolute Gasteiger partial charge is 0.355 e. The number of sulfonamides is 1. The molecule has 0 aliphatic heterocycles. The van der Waals surface area contributed by atoms with Crippen LogP contribution >= 0.6 is 11.6 Å². The molecular weight excluding hydrogens is 510 g/mol. The number of anilines is 1. The van der Waals surface area contributed by atoms with Gasteiger partial charge < -0.3 is 10.2 Å². The lowest BCUT2D eigenvalue weighted by Gasteiger charge is -2.32. The molecule has 0 heterocycles. The van der Waals surface area contributed by atoms with E-state index >= 15 is 0 Å². The van der Waals surface area contributed by atoms with Crippen molar-refractivity contribution in [1.29, 1.82) is 0 Å². The van der Waals surface area contributed by atoms with E-state index in [1.54, 1.807) is 26.0 Å². The zero-order valence-electron chi connectivity index (χ0n) is 21.4. The van der Waals surface area contributed by atoms with Gasteiger partial charge in [-0.3, -0.25) is 13.9 Å². The number of halogens is 1. The van der Waals surface area contributed by atoms with Crippen molar-refractivity contribution >= 4 is 39.1 Å². The highest BCUT2D eigenvalue weighted by Gasteiger charge is 2.32. The topological polar surface area (TPSA) is 86.8 Å². The Morgan fingerprint density at radius 2 is 1.59 bits per heavy atom. The second-order valence-electron chi connectivity index (χ2n) is 8.81. The Balaban J connectivity index is 2.04. The summed E-state index contributed by atoms with van der Waals surface area (Å²) in [4.78, 5) is 27.9. The van der Waals surface area contributed by atoms with E-state index in [9.17, 15) is 18.0 Å². The second-order valence-corrected chi connectivity index (χ2v) is 11.1. The first-order valence-electron chi connectivity index (χ1n) is 12.0. The summed E-state index contributed by atoms with van der Waals surface area (Å²) in [5, 5.41) is 3.15. The van der Waals surface area contributed by atoms with Gasteiger partial charge in [0.1, 0.15) is 12.6 Å². The maximum absolute atomic E-state index is 13.8. The molecule has 0 aromatic heterocycles. The second kappa shape index (κ2) is 12.3. The average molecular weight is 542 g/mol. The molecule has 9 heteroatoms. The number of likely N-dealkylation sites (N-methyl/N-ethyl adjacent to an activating group) is 1. The first-order valence-corrected chi connectivity index (χ1v) is 13.8. The van der Waals surface area contributed by atoms with E-state index in [-0.39, 0.29) is 17.3 Å². The van der Waals surface area contributed by atoms with Crippen LogP contribution in [0.15, 0.2) is 77.7 Å². The predicted octanol–water partition coefficient (Wildman–Crippen LogP) is 4.71. The molecule has 0 spiro atoms. The van der Waals surface area contributed by atoms with Crippen molar-refractivity contribution in [3.05, 3.63) is 94.5 Å². The van der Waals surface area contributed by atoms with E-state index in [1.165, 1.54) is 29.2 Å². The van der Waals surface area contributed by atoms with Crippen LogP contribution in [0.4, 0.5) is 5.69 Å². The van der Waals surface area contributed by atoms with Crippen LogP contribution in [0.5, 0.6) is 0 Å². The lowest BCUT2D eigenvalue weighted by Crippen LogP contribution is -2.51.